The van der Waals surface area contributed by atoms with Crippen molar-refractivity contribution in [2.24, 2.45) is 14.1 Å². The highest BCUT2D eigenvalue weighted by molar-refractivity contribution is 6.01. The number of H-pyrrole nitrogens is 1. The Balaban J connectivity index is 1.72. The van der Waals surface area contributed by atoms with E-state index >= 15 is 0 Å². The van der Waals surface area contributed by atoms with Crippen molar-refractivity contribution >= 4 is 33.5 Å². The van der Waals surface area contributed by atoms with E-state index < -0.39 is 11.2 Å². The van der Waals surface area contributed by atoms with Crippen LogP contribution in [0.1, 0.15) is 5.56 Å². The number of aromatic nitrogens is 4. The zero-order valence-corrected chi connectivity index (χ0v) is 14.8. The molecule has 0 spiro atoms. The number of anilines is 1. The summed E-state index contributed by atoms with van der Waals surface area (Å²) in [5.74, 6) is -0.261. The number of hydrogen-bond acceptors (Lipinski definition) is 4. The average molecular weight is 363 g/mol. The van der Waals surface area contributed by atoms with Crippen molar-refractivity contribution in [2.75, 3.05) is 5.32 Å². The second-order valence-corrected chi connectivity index (χ2v) is 6.35. The zero-order chi connectivity index (χ0) is 19.1. The molecule has 0 aliphatic heterocycles. The van der Waals surface area contributed by atoms with Crippen molar-refractivity contribution in [1.29, 1.82) is 0 Å². The molecule has 3 aromatic heterocycles. The van der Waals surface area contributed by atoms with Crippen molar-refractivity contribution in [3.8, 4) is 0 Å². The van der Waals surface area contributed by atoms with Crippen molar-refractivity contribution in [2.45, 2.75) is 6.42 Å². The van der Waals surface area contributed by atoms with Crippen LogP contribution in [0.15, 0.2) is 52.3 Å². The lowest BCUT2D eigenvalue weighted by molar-refractivity contribution is -0.115. The van der Waals surface area contributed by atoms with Gasteiger partial charge in [0.05, 0.1) is 12.1 Å². The highest BCUT2D eigenvalue weighted by Crippen LogP contribution is 2.20. The van der Waals surface area contributed by atoms with Crippen LogP contribution in [0.25, 0.3) is 21.9 Å². The molecule has 8 nitrogen and oxygen atoms in total. The van der Waals surface area contributed by atoms with Crippen LogP contribution in [0.3, 0.4) is 0 Å². The Hall–Kier alpha value is -3.68. The van der Waals surface area contributed by atoms with E-state index in [9.17, 15) is 14.4 Å². The first-order chi connectivity index (χ1) is 13.0. The Bertz CT molecular complexity index is 1310. The van der Waals surface area contributed by atoms with Crippen LogP contribution < -0.4 is 16.6 Å². The fourth-order valence-electron chi connectivity index (χ4n) is 3.24. The summed E-state index contributed by atoms with van der Waals surface area (Å²) >= 11 is 0. The number of amides is 1. The van der Waals surface area contributed by atoms with Crippen LogP contribution in [-0.2, 0) is 25.3 Å². The van der Waals surface area contributed by atoms with E-state index in [4.69, 9.17) is 0 Å². The zero-order valence-electron chi connectivity index (χ0n) is 14.8. The Kier molecular flexibility index (Phi) is 3.88. The fourth-order valence-corrected chi connectivity index (χ4v) is 3.24. The summed E-state index contributed by atoms with van der Waals surface area (Å²) in [6, 6.07) is 9.28. The number of para-hydroxylation sites is 1. The van der Waals surface area contributed by atoms with Gasteiger partial charge >= 0.3 is 5.69 Å². The molecule has 3 heterocycles. The van der Waals surface area contributed by atoms with E-state index in [0.717, 1.165) is 21.0 Å². The Morgan fingerprint density at radius 3 is 2.74 bits per heavy atom. The van der Waals surface area contributed by atoms with Crippen LogP contribution in [-0.4, -0.2) is 25.0 Å². The Morgan fingerprint density at radius 1 is 1.15 bits per heavy atom. The summed E-state index contributed by atoms with van der Waals surface area (Å²) in [6.45, 7) is 0. The minimum Gasteiger partial charge on any atom is -0.361 e. The van der Waals surface area contributed by atoms with Gasteiger partial charge in [0.2, 0.25) is 5.91 Å². The number of fused-ring (bicyclic) bond motifs is 2. The van der Waals surface area contributed by atoms with Crippen LogP contribution in [0.2, 0.25) is 0 Å². The van der Waals surface area contributed by atoms with Gasteiger partial charge in [-0.2, -0.15) is 0 Å². The molecular formula is C19H17N5O3. The molecule has 1 aromatic carbocycles. The number of carbonyl (C=O) groups is 1. The molecule has 1 amide bonds. The summed E-state index contributed by atoms with van der Waals surface area (Å²) in [5.41, 5.74) is 1.42. The highest BCUT2D eigenvalue weighted by atomic mass is 16.2. The molecule has 2 N–H and O–H groups in total. The summed E-state index contributed by atoms with van der Waals surface area (Å²) in [5, 5.41) is 3.96. The Labute approximate surface area is 153 Å². The van der Waals surface area contributed by atoms with Crippen molar-refractivity contribution in [3.63, 3.8) is 0 Å². The molecule has 0 saturated heterocycles. The number of carbonyl (C=O) groups excluding carboxylic acids is 1. The van der Waals surface area contributed by atoms with Crippen LogP contribution in [0.5, 0.6) is 0 Å². The minimum absolute atomic E-state index is 0.153. The molecule has 0 atom stereocenters. The number of pyridine rings is 1. The highest BCUT2D eigenvalue weighted by Gasteiger charge is 2.16. The van der Waals surface area contributed by atoms with E-state index in [1.165, 1.54) is 24.9 Å². The van der Waals surface area contributed by atoms with E-state index in [0.29, 0.717) is 5.69 Å². The minimum atomic E-state index is -0.497. The van der Waals surface area contributed by atoms with Crippen LogP contribution >= 0.6 is 0 Å². The molecule has 4 rings (SSSR count). The first-order valence-corrected chi connectivity index (χ1v) is 8.37. The molecule has 0 unspecified atom stereocenters. The van der Waals surface area contributed by atoms with Gasteiger partial charge in [-0.15, -0.1) is 0 Å². The molecular weight excluding hydrogens is 346 g/mol. The maximum Gasteiger partial charge on any atom is 0.332 e. The number of aromatic amines is 1. The Morgan fingerprint density at radius 2 is 1.93 bits per heavy atom. The maximum atomic E-state index is 12.6. The topological polar surface area (TPSA) is 102 Å². The summed E-state index contributed by atoms with van der Waals surface area (Å²) in [7, 11) is 2.93. The molecule has 27 heavy (non-hydrogen) atoms. The van der Waals surface area contributed by atoms with E-state index in [-0.39, 0.29) is 23.4 Å². The molecule has 0 aliphatic carbocycles. The SMILES string of the molecule is Cn1c(=O)c2c(NC(=O)Cc3c[nH]c4ccccc34)ccnc2n(C)c1=O. The third-order valence-electron chi connectivity index (χ3n) is 4.64. The molecule has 0 fully saturated rings. The molecule has 136 valence electrons. The van der Waals surface area contributed by atoms with Gasteiger partial charge in [-0.3, -0.25) is 18.7 Å². The lowest BCUT2D eigenvalue weighted by Crippen LogP contribution is -2.37. The summed E-state index contributed by atoms with van der Waals surface area (Å²) < 4.78 is 2.28. The predicted molar refractivity (Wildman–Crippen MR) is 103 cm³/mol. The summed E-state index contributed by atoms with van der Waals surface area (Å²) in [6.07, 6.45) is 3.42. The maximum absolute atomic E-state index is 12.6. The first kappa shape index (κ1) is 16.8. The molecule has 0 bridgehead atoms. The second kappa shape index (κ2) is 6.24. The third-order valence-corrected chi connectivity index (χ3v) is 4.64. The van der Waals surface area contributed by atoms with E-state index in [1.807, 2.05) is 24.3 Å². The number of nitrogens with zero attached hydrogens (tertiary/aromatic N) is 3. The lowest BCUT2D eigenvalue weighted by atomic mass is 10.1. The van der Waals surface area contributed by atoms with Gasteiger partial charge < -0.3 is 10.3 Å². The van der Waals surface area contributed by atoms with Crippen LogP contribution in [0, 0.1) is 0 Å². The number of benzene rings is 1. The number of nitrogens with one attached hydrogen (secondary N) is 2. The molecule has 0 radical (unpaired) electrons. The average Bonchev–Trinajstić information content (AvgIpc) is 3.07. The smallest absolute Gasteiger partial charge is 0.332 e. The van der Waals surface area contributed by atoms with E-state index in [2.05, 4.69) is 15.3 Å². The van der Waals surface area contributed by atoms with Gasteiger partial charge in [0.25, 0.3) is 5.56 Å². The second-order valence-electron chi connectivity index (χ2n) is 6.35. The third kappa shape index (κ3) is 2.71. The standard InChI is InChI=1S/C19H17N5O3/c1-23-17-16(18(26)24(2)19(23)27)14(7-8-20-17)22-15(25)9-11-10-21-13-6-4-3-5-12(11)13/h3-8,10,21H,9H2,1-2H3,(H,20,22,25). The van der Waals surface area contributed by atoms with Gasteiger partial charge in [-0.25, -0.2) is 9.78 Å². The number of hydrogen-bond donors (Lipinski definition) is 2. The fraction of sp³-hybridized carbons (Fsp3) is 0.158. The predicted octanol–water partition coefficient (Wildman–Crippen LogP) is 1.29. The van der Waals surface area contributed by atoms with Crippen LogP contribution in [0.4, 0.5) is 5.69 Å². The van der Waals surface area contributed by atoms with Crippen molar-refractivity contribution < 1.29 is 4.79 Å². The largest absolute Gasteiger partial charge is 0.361 e. The molecule has 0 aliphatic rings. The van der Waals surface area contributed by atoms with Gasteiger partial charge in [-0.1, -0.05) is 18.2 Å². The molecule has 8 heteroatoms. The van der Waals surface area contributed by atoms with Gasteiger partial charge in [0.1, 0.15) is 5.39 Å². The number of aryl methyl sites for hydroxylation is 1. The molecule has 0 saturated carbocycles. The van der Waals surface area contributed by atoms with Gasteiger partial charge in [0, 0.05) is 37.4 Å². The van der Waals surface area contributed by atoms with Crippen molar-refractivity contribution in [1.82, 2.24) is 19.1 Å². The first-order valence-electron chi connectivity index (χ1n) is 8.37. The number of rotatable bonds is 3. The molecule has 4 aromatic rings. The lowest BCUT2D eigenvalue weighted by Gasteiger charge is -2.11. The van der Waals surface area contributed by atoms with Crippen molar-refractivity contribution in [3.05, 3.63) is 69.1 Å². The quantitative estimate of drug-likeness (QED) is 0.573. The summed E-state index contributed by atoms with van der Waals surface area (Å²) in [4.78, 5) is 44.5. The van der Waals surface area contributed by atoms with E-state index in [1.54, 1.807) is 12.3 Å². The van der Waals surface area contributed by atoms with Gasteiger partial charge in [-0.05, 0) is 17.7 Å². The monoisotopic (exact) mass is 363 g/mol. The normalized spacial score (nSPS) is 11.2. The van der Waals surface area contributed by atoms with Gasteiger partial charge in [0.15, 0.2) is 5.65 Å².